The van der Waals surface area contributed by atoms with Crippen LogP contribution in [-0.2, 0) is 19.1 Å². The molecule has 0 radical (unpaired) electrons. The molecule has 0 spiro atoms. The van der Waals surface area contributed by atoms with Crippen molar-refractivity contribution in [3.05, 3.63) is 12.2 Å². The average Bonchev–Trinajstić information content (AvgIpc) is 2.84. The SMILES string of the molecule is CN(C)C(=O)CCCC[C@H](CNC(=O)OC(C)(C)C)N1C(=O)C=CC1=O. The predicted molar refractivity (Wildman–Crippen MR) is 96.2 cm³/mol. The van der Waals surface area contributed by atoms with Gasteiger partial charge in [0, 0.05) is 39.2 Å². The Bertz CT molecular complexity index is 560. The van der Waals surface area contributed by atoms with Crippen molar-refractivity contribution in [2.45, 2.75) is 58.1 Å². The second-order valence-electron chi connectivity index (χ2n) is 7.45. The molecule has 146 valence electrons. The Balaban J connectivity index is 2.60. The van der Waals surface area contributed by atoms with Crippen LogP contribution in [0.5, 0.6) is 0 Å². The summed E-state index contributed by atoms with van der Waals surface area (Å²) in [5, 5.41) is 2.61. The number of alkyl carbamates (subject to hydrolysis) is 1. The van der Waals surface area contributed by atoms with Crippen LogP contribution < -0.4 is 5.32 Å². The van der Waals surface area contributed by atoms with E-state index in [-0.39, 0.29) is 12.5 Å². The highest BCUT2D eigenvalue weighted by Crippen LogP contribution is 2.16. The molecule has 26 heavy (non-hydrogen) atoms. The second kappa shape index (κ2) is 9.35. The smallest absolute Gasteiger partial charge is 0.407 e. The third kappa shape index (κ3) is 7.25. The molecule has 8 nitrogen and oxygen atoms in total. The number of amides is 4. The molecule has 4 amide bonds. The Kier molecular flexibility index (Phi) is 7.79. The predicted octanol–water partition coefficient (Wildman–Crippen LogP) is 1.45. The van der Waals surface area contributed by atoms with Crippen LogP contribution in [0, 0.1) is 0 Å². The minimum Gasteiger partial charge on any atom is -0.444 e. The van der Waals surface area contributed by atoms with E-state index in [2.05, 4.69) is 5.32 Å². The Morgan fingerprint density at radius 3 is 2.23 bits per heavy atom. The second-order valence-corrected chi connectivity index (χ2v) is 7.45. The van der Waals surface area contributed by atoms with Gasteiger partial charge in [-0.2, -0.15) is 0 Å². The van der Waals surface area contributed by atoms with E-state index in [0.717, 1.165) is 4.90 Å². The molecule has 0 aromatic carbocycles. The van der Waals surface area contributed by atoms with Crippen molar-refractivity contribution in [1.82, 2.24) is 15.1 Å². The highest BCUT2D eigenvalue weighted by Gasteiger charge is 2.31. The monoisotopic (exact) mass is 367 g/mol. The van der Waals surface area contributed by atoms with Crippen LogP contribution in [0.1, 0.15) is 46.5 Å². The van der Waals surface area contributed by atoms with E-state index >= 15 is 0 Å². The number of unbranched alkanes of at least 4 members (excludes halogenated alkanes) is 1. The van der Waals surface area contributed by atoms with Crippen molar-refractivity contribution in [3.63, 3.8) is 0 Å². The summed E-state index contributed by atoms with van der Waals surface area (Å²) in [7, 11) is 3.40. The number of imide groups is 1. The van der Waals surface area contributed by atoms with Crippen molar-refractivity contribution >= 4 is 23.8 Å². The topological polar surface area (TPSA) is 96.0 Å². The van der Waals surface area contributed by atoms with Gasteiger partial charge in [0.05, 0.1) is 6.04 Å². The molecule has 0 bridgehead atoms. The van der Waals surface area contributed by atoms with Gasteiger partial charge in [0.1, 0.15) is 5.60 Å². The molecule has 1 heterocycles. The lowest BCUT2D eigenvalue weighted by atomic mass is 10.1. The molecule has 0 unspecified atom stereocenters. The van der Waals surface area contributed by atoms with E-state index in [1.165, 1.54) is 17.1 Å². The largest absolute Gasteiger partial charge is 0.444 e. The van der Waals surface area contributed by atoms with Gasteiger partial charge in [0.2, 0.25) is 5.91 Å². The van der Waals surface area contributed by atoms with E-state index in [4.69, 9.17) is 4.74 Å². The van der Waals surface area contributed by atoms with Gasteiger partial charge >= 0.3 is 6.09 Å². The summed E-state index contributed by atoms with van der Waals surface area (Å²) >= 11 is 0. The van der Waals surface area contributed by atoms with Crippen LogP contribution in [0.4, 0.5) is 4.79 Å². The molecular formula is C18H29N3O5. The van der Waals surface area contributed by atoms with E-state index < -0.39 is 29.6 Å². The molecule has 8 heteroatoms. The number of ether oxygens (including phenoxy) is 1. The van der Waals surface area contributed by atoms with Crippen LogP contribution in [-0.4, -0.2) is 65.9 Å². The fraction of sp³-hybridized carbons (Fsp3) is 0.667. The average molecular weight is 367 g/mol. The van der Waals surface area contributed by atoms with Crippen LogP contribution >= 0.6 is 0 Å². The number of nitrogens with zero attached hydrogens (tertiary/aromatic N) is 2. The maximum Gasteiger partial charge on any atom is 0.407 e. The highest BCUT2D eigenvalue weighted by atomic mass is 16.6. The Labute approximate surface area is 154 Å². The molecule has 0 aromatic rings. The zero-order valence-corrected chi connectivity index (χ0v) is 16.2. The molecule has 1 aliphatic heterocycles. The standard InChI is InChI=1S/C18H29N3O5/c1-18(2,3)26-17(25)19-12-13(21-15(23)10-11-16(21)24)8-6-7-9-14(22)20(4)5/h10-11,13H,6-9,12H2,1-5H3,(H,19,25)/t13-/m1/s1. The lowest BCUT2D eigenvalue weighted by molar-refractivity contribution is -0.139. The molecule has 0 fully saturated rings. The third-order valence-corrected chi connectivity index (χ3v) is 3.77. The van der Waals surface area contributed by atoms with E-state index in [1.807, 2.05) is 0 Å². The summed E-state index contributed by atoms with van der Waals surface area (Å²) < 4.78 is 5.18. The number of hydrogen-bond acceptors (Lipinski definition) is 5. The fourth-order valence-corrected chi connectivity index (χ4v) is 2.49. The molecule has 1 N–H and O–H groups in total. The summed E-state index contributed by atoms with van der Waals surface area (Å²) in [5.74, 6) is -0.755. The summed E-state index contributed by atoms with van der Waals surface area (Å²) in [5.41, 5.74) is -0.632. The number of nitrogens with one attached hydrogen (secondary N) is 1. The Morgan fingerprint density at radius 2 is 1.73 bits per heavy atom. The van der Waals surface area contributed by atoms with Crippen molar-refractivity contribution in [2.75, 3.05) is 20.6 Å². The first-order valence-electron chi connectivity index (χ1n) is 8.73. The summed E-state index contributed by atoms with van der Waals surface area (Å²) in [4.78, 5) is 50.0. The van der Waals surface area contributed by atoms with Gasteiger partial charge in [-0.25, -0.2) is 4.79 Å². The summed E-state index contributed by atoms with van der Waals surface area (Å²) in [6.07, 6.45) is 4.03. The van der Waals surface area contributed by atoms with Gasteiger partial charge in [0.25, 0.3) is 11.8 Å². The van der Waals surface area contributed by atoms with Gasteiger partial charge in [0.15, 0.2) is 0 Å². The fourth-order valence-electron chi connectivity index (χ4n) is 2.49. The van der Waals surface area contributed by atoms with Gasteiger partial charge in [-0.1, -0.05) is 6.42 Å². The first-order chi connectivity index (χ1) is 12.0. The van der Waals surface area contributed by atoms with Crippen molar-refractivity contribution in [1.29, 1.82) is 0 Å². The van der Waals surface area contributed by atoms with Gasteiger partial charge in [-0.15, -0.1) is 0 Å². The third-order valence-electron chi connectivity index (χ3n) is 3.77. The zero-order chi connectivity index (χ0) is 19.9. The normalized spacial score (nSPS) is 15.2. The van der Waals surface area contributed by atoms with Crippen molar-refractivity contribution in [3.8, 4) is 0 Å². The molecular weight excluding hydrogens is 338 g/mol. The molecule has 0 saturated heterocycles. The van der Waals surface area contributed by atoms with Crippen molar-refractivity contribution < 1.29 is 23.9 Å². The van der Waals surface area contributed by atoms with Gasteiger partial charge < -0.3 is 15.0 Å². The van der Waals surface area contributed by atoms with Crippen LogP contribution in [0.3, 0.4) is 0 Å². The Hall–Kier alpha value is -2.38. The number of carbonyl (C=O) groups excluding carboxylic acids is 4. The number of carbonyl (C=O) groups is 4. The molecule has 1 rings (SSSR count). The molecule has 0 aromatic heterocycles. The van der Waals surface area contributed by atoms with E-state index in [9.17, 15) is 19.2 Å². The quantitative estimate of drug-likeness (QED) is 0.517. The summed E-state index contributed by atoms with van der Waals surface area (Å²) in [6.45, 7) is 5.37. The van der Waals surface area contributed by atoms with Crippen LogP contribution in [0.25, 0.3) is 0 Å². The first kappa shape index (κ1) is 21.7. The highest BCUT2D eigenvalue weighted by molar-refractivity contribution is 6.13. The van der Waals surface area contributed by atoms with E-state index in [1.54, 1.807) is 34.9 Å². The first-order valence-corrected chi connectivity index (χ1v) is 8.73. The summed E-state index contributed by atoms with van der Waals surface area (Å²) in [6, 6.07) is -0.480. The van der Waals surface area contributed by atoms with Crippen LogP contribution in [0.2, 0.25) is 0 Å². The maximum absolute atomic E-state index is 11.9. The Morgan fingerprint density at radius 1 is 1.15 bits per heavy atom. The zero-order valence-electron chi connectivity index (χ0n) is 16.2. The minimum atomic E-state index is -0.632. The van der Waals surface area contributed by atoms with Gasteiger partial charge in [-0.05, 0) is 33.6 Å². The lowest BCUT2D eigenvalue weighted by Crippen LogP contribution is -2.47. The van der Waals surface area contributed by atoms with E-state index in [0.29, 0.717) is 25.7 Å². The van der Waals surface area contributed by atoms with Gasteiger partial charge in [-0.3, -0.25) is 19.3 Å². The molecule has 0 aliphatic carbocycles. The van der Waals surface area contributed by atoms with Crippen LogP contribution in [0.15, 0.2) is 12.2 Å². The molecule has 0 saturated carbocycles. The van der Waals surface area contributed by atoms with Crippen molar-refractivity contribution in [2.24, 2.45) is 0 Å². The maximum atomic E-state index is 11.9. The number of hydrogen-bond donors (Lipinski definition) is 1. The minimum absolute atomic E-state index is 0.0309. The molecule has 1 atom stereocenters. The lowest BCUT2D eigenvalue weighted by Gasteiger charge is -2.27. The molecule has 1 aliphatic rings. The number of rotatable bonds is 8.